The van der Waals surface area contributed by atoms with Crippen LogP contribution in [0.4, 0.5) is 11.4 Å². The summed E-state index contributed by atoms with van der Waals surface area (Å²) in [5.74, 6) is -0.0845. The molecule has 1 aromatic rings. The van der Waals surface area contributed by atoms with E-state index in [4.69, 9.17) is 5.73 Å². The molecule has 1 aromatic carbocycles. The molecule has 0 atom stereocenters. The number of hydrazine groups is 1. The Kier molecular flexibility index (Phi) is 4.63. The van der Waals surface area contributed by atoms with Crippen molar-refractivity contribution in [3.63, 3.8) is 0 Å². The lowest BCUT2D eigenvalue weighted by molar-refractivity contribution is 0.0956. The van der Waals surface area contributed by atoms with Crippen LogP contribution in [0.5, 0.6) is 0 Å². The molecule has 0 aromatic heterocycles. The van der Waals surface area contributed by atoms with Gasteiger partial charge in [0.05, 0.1) is 11.4 Å². The Balaban J connectivity index is 2.04. The number of hydrogen-bond acceptors (Lipinski definition) is 4. The number of carbonyl (C=O) groups is 1. The van der Waals surface area contributed by atoms with Gasteiger partial charge in [-0.05, 0) is 38.0 Å². The SMILES string of the molecule is CCNC(=O)c1ccc(NN2CCCCC2)c(N)c1. The molecule has 1 saturated heterocycles. The molecule has 5 nitrogen and oxygen atoms in total. The van der Waals surface area contributed by atoms with Gasteiger partial charge in [0.15, 0.2) is 0 Å². The van der Waals surface area contributed by atoms with Crippen molar-refractivity contribution in [3.05, 3.63) is 23.8 Å². The smallest absolute Gasteiger partial charge is 0.251 e. The minimum Gasteiger partial charge on any atom is -0.397 e. The molecule has 1 aliphatic rings. The highest BCUT2D eigenvalue weighted by atomic mass is 16.1. The largest absolute Gasteiger partial charge is 0.397 e. The number of benzene rings is 1. The molecule has 0 saturated carbocycles. The molecule has 19 heavy (non-hydrogen) atoms. The summed E-state index contributed by atoms with van der Waals surface area (Å²) >= 11 is 0. The van der Waals surface area contributed by atoms with Crippen molar-refractivity contribution in [2.24, 2.45) is 0 Å². The van der Waals surface area contributed by atoms with Crippen LogP contribution in [0, 0.1) is 0 Å². The quantitative estimate of drug-likeness (QED) is 0.724. The van der Waals surface area contributed by atoms with Gasteiger partial charge in [0.25, 0.3) is 5.91 Å². The Morgan fingerprint density at radius 3 is 2.68 bits per heavy atom. The number of amides is 1. The third-order valence-corrected chi connectivity index (χ3v) is 3.29. The lowest BCUT2D eigenvalue weighted by atomic mass is 10.1. The summed E-state index contributed by atoms with van der Waals surface area (Å²) in [4.78, 5) is 11.7. The van der Waals surface area contributed by atoms with E-state index >= 15 is 0 Å². The van der Waals surface area contributed by atoms with Gasteiger partial charge < -0.3 is 16.5 Å². The molecule has 2 rings (SSSR count). The topological polar surface area (TPSA) is 70.4 Å². The van der Waals surface area contributed by atoms with Crippen molar-refractivity contribution >= 4 is 17.3 Å². The predicted octanol–water partition coefficient (Wildman–Crippen LogP) is 1.83. The van der Waals surface area contributed by atoms with E-state index in [1.165, 1.54) is 19.3 Å². The number of nitrogens with two attached hydrogens (primary N) is 1. The Morgan fingerprint density at radius 2 is 2.05 bits per heavy atom. The molecule has 4 N–H and O–H groups in total. The zero-order valence-electron chi connectivity index (χ0n) is 11.4. The average Bonchev–Trinajstić information content (AvgIpc) is 2.42. The first kappa shape index (κ1) is 13.7. The zero-order chi connectivity index (χ0) is 13.7. The van der Waals surface area contributed by atoms with E-state index < -0.39 is 0 Å². The van der Waals surface area contributed by atoms with Crippen LogP contribution < -0.4 is 16.5 Å². The predicted molar refractivity (Wildman–Crippen MR) is 77.9 cm³/mol. The van der Waals surface area contributed by atoms with E-state index in [1.807, 2.05) is 13.0 Å². The summed E-state index contributed by atoms with van der Waals surface area (Å²) in [6.07, 6.45) is 3.72. The Bertz CT molecular complexity index is 441. The summed E-state index contributed by atoms with van der Waals surface area (Å²) in [5.41, 5.74) is 11.4. The van der Waals surface area contributed by atoms with E-state index in [0.717, 1.165) is 18.8 Å². The third-order valence-electron chi connectivity index (χ3n) is 3.29. The molecule has 1 fully saturated rings. The third kappa shape index (κ3) is 3.61. The fourth-order valence-corrected chi connectivity index (χ4v) is 2.24. The van der Waals surface area contributed by atoms with Crippen LogP contribution in [0.15, 0.2) is 18.2 Å². The molecular weight excluding hydrogens is 240 g/mol. The molecule has 0 bridgehead atoms. The number of rotatable bonds is 4. The maximum absolute atomic E-state index is 11.7. The van der Waals surface area contributed by atoms with Crippen LogP contribution in [0.2, 0.25) is 0 Å². The average molecular weight is 262 g/mol. The van der Waals surface area contributed by atoms with Gasteiger partial charge in [-0.2, -0.15) is 0 Å². The van der Waals surface area contributed by atoms with Gasteiger partial charge in [-0.15, -0.1) is 0 Å². The second-order valence-corrected chi connectivity index (χ2v) is 4.82. The van der Waals surface area contributed by atoms with Gasteiger partial charge in [0, 0.05) is 25.2 Å². The van der Waals surface area contributed by atoms with Crippen LogP contribution >= 0.6 is 0 Å². The first-order valence-corrected chi connectivity index (χ1v) is 6.90. The van der Waals surface area contributed by atoms with Crippen LogP contribution in [-0.2, 0) is 0 Å². The molecule has 1 heterocycles. The molecular formula is C14H22N4O. The second kappa shape index (κ2) is 6.43. The van der Waals surface area contributed by atoms with Gasteiger partial charge in [-0.3, -0.25) is 4.79 Å². The van der Waals surface area contributed by atoms with Gasteiger partial charge >= 0.3 is 0 Å². The first-order valence-electron chi connectivity index (χ1n) is 6.90. The monoisotopic (exact) mass is 262 g/mol. The maximum atomic E-state index is 11.7. The normalized spacial score (nSPS) is 16.1. The number of nitrogen functional groups attached to an aromatic ring is 1. The van der Waals surface area contributed by atoms with Gasteiger partial charge in [0.2, 0.25) is 0 Å². The number of piperidine rings is 1. The highest BCUT2D eigenvalue weighted by molar-refractivity contribution is 5.96. The Labute approximate surface area is 114 Å². The second-order valence-electron chi connectivity index (χ2n) is 4.82. The van der Waals surface area contributed by atoms with Gasteiger partial charge in [-0.25, -0.2) is 5.01 Å². The van der Waals surface area contributed by atoms with E-state index in [-0.39, 0.29) is 5.91 Å². The number of nitrogens with zero attached hydrogens (tertiary/aromatic N) is 1. The van der Waals surface area contributed by atoms with E-state index in [9.17, 15) is 4.79 Å². The van der Waals surface area contributed by atoms with Crippen molar-refractivity contribution in [2.75, 3.05) is 30.8 Å². The summed E-state index contributed by atoms with van der Waals surface area (Å²) < 4.78 is 0. The molecule has 0 radical (unpaired) electrons. The molecule has 1 aliphatic heterocycles. The van der Waals surface area contributed by atoms with Crippen molar-refractivity contribution in [1.29, 1.82) is 0 Å². The van der Waals surface area contributed by atoms with Crippen molar-refractivity contribution in [3.8, 4) is 0 Å². The van der Waals surface area contributed by atoms with Crippen LogP contribution in [-0.4, -0.2) is 30.6 Å². The number of hydrogen-bond donors (Lipinski definition) is 3. The van der Waals surface area contributed by atoms with E-state index in [1.54, 1.807) is 12.1 Å². The molecule has 1 amide bonds. The summed E-state index contributed by atoms with van der Waals surface area (Å²) in [6, 6.07) is 5.39. The van der Waals surface area contributed by atoms with Crippen molar-refractivity contribution in [2.45, 2.75) is 26.2 Å². The Hall–Kier alpha value is -1.75. The number of carbonyl (C=O) groups excluding carboxylic acids is 1. The first-order chi connectivity index (χ1) is 9.20. The van der Waals surface area contributed by atoms with Gasteiger partial charge in [0.1, 0.15) is 0 Å². The maximum Gasteiger partial charge on any atom is 0.251 e. The number of nitrogens with one attached hydrogen (secondary N) is 2. The van der Waals surface area contributed by atoms with E-state index in [2.05, 4.69) is 15.8 Å². The number of anilines is 2. The zero-order valence-corrected chi connectivity index (χ0v) is 11.4. The van der Waals surface area contributed by atoms with Crippen LogP contribution in [0.25, 0.3) is 0 Å². The summed E-state index contributed by atoms with van der Waals surface area (Å²) in [6.45, 7) is 4.59. The minimum atomic E-state index is -0.0845. The molecule has 104 valence electrons. The van der Waals surface area contributed by atoms with Crippen molar-refractivity contribution < 1.29 is 4.79 Å². The minimum absolute atomic E-state index is 0.0845. The fourth-order valence-electron chi connectivity index (χ4n) is 2.24. The molecule has 0 spiro atoms. The molecule has 0 aliphatic carbocycles. The lowest BCUT2D eigenvalue weighted by Crippen LogP contribution is -2.35. The Morgan fingerprint density at radius 1 is 1.32 bits per heavy atom. The standard InChI is InChI=1S/C14H22N4O/c1-2-16-14(19)11-6-7-13(12(15)10-11)17-18-8-4-3-5-9-18/h6-7,10,17H,2-5,8-9,15H2,1H3,(H,16,19). The lowest BCUT2D eigenvalue weighted by Gasteiger charge is -2.28. The summed E-state index contributed by atoms with van der Waals surface area (Å²) in [5, 5.41) is 4.95. The highest BCUT2D eigenvalue weighted by Crippen LogP contribution is 2.21. The van der Waals surface area contributed by atoms with E-state index in [0.29, 0.717) is 17.8 Å². The molecule has 0 unspecified atom stereocenters. The van der Waals surface area contributed by atoms with Crippen molar-refractivity contribution in [1.82, 2.24) is 10.3 Å². The van der Waals surface area contributed by atoms with Crippen LogP contribution in [0.3, 0.4) is 0 Å². The van der Waals surface area contributed by atoms with Crippen LogP contribution in [0.1, 0.15) is 36.5 Å². The summed E-state index contributed by atoms with van der Waals surface area (Å²) in [7, 11) is 0. The van der Waals surface area contributed by atoms with Gasteiger partial charge in [-0.1, -0.05) is 6.42 Å². The molecule has 5 heteroatoms. The fraction of sp³-hybridized carbons (Fsp3) is 0.500. The highest BCUT2D eigenvalue weighted by Gasteiger charge is 2.12.